The number of imide groups is 1. The molecule has 0 spiro atoms. The molecule has 31 heavy (non-hydrogen) atoms. The van der Waals surface area contributed by atoms with Gasteiger partial charge < -0.3 is 15.2 Å². The maximum Gasteiger partial charge on any atom is 0.329 e. The Labute approximate surface area is 177 Å². The van der Waals surface area contributed by atoms with Gasteiger partial charge in [-0.3, -0.25) is 9.59 Å². The van der Waals surface area contributed by atoms with Crippen LogP contribution in [0.3, 0.4) is 0 Å². The Morgan fingerprint density at radius 3 is 2.68 bits per heavy atom. The third kappa shape index (κ3) is 4.23. The number of hydrogen-bond donors (Lipinski definition) is 2. The summed E-state index contributed by atoms with van der Waals surface area (Å²) < 4.78 is 15.7. The number of halogens is 1. The summed E-state index contributed by atoms with van der Waals surface area (Å²) in [6.45, 7) is 1.46. The molecule has 8 heteroatoms. The molecule has 7 nitrogen and oxygen atoms in total. The Balaban J connectivity index is 1.51. The molecule has 0 atom stereocenters. The van der Waals surface area contributed by atoms with E-state index in [1.165, 1.54) is 12.1 Å². The molecule has 3 aromatic rings. The molecule has 0 unspecified atom stereocenters. The number of amides is 4. The molecule has 0 radical (unpaired) electrons. The number of hydrogen-bond acceptors (Lipinski definition) is 3. The molecular weight excluding hydrogens is 399 g/mol. The molecule has 1 fully saturated rings. The van der Waals surface area contributed by atoms with Gasteiger partial charge in [0.2, 0.25) is 5.91 Å². The van der Waals surface area contributed by atoms with Crippen LogP contribution in [0.25, 0.3) is 11.8 Å². The molecule has 1 aliphatic heterocycles. The van der Waals surface area contributed by atoms with Crippen LogP contribution >= 0.6 is 0 Å². The van der Waals surface area contributed by atoms with Crippen LogP contribution in [0.1, 0.15) is 11.3 Å². The monoisotopic (exact) mass is 418 g/mol. The van der Waals surface area contributed by atoms with Crippen molar-refractivity contribution in [3.8, 4) is 5.69 Å². The summed E-state index contributed by atoms with van der Waals surface area (Å²) in [5.41, 5.74) is 2.36. The van der Waals surface area contributed by atoms with Crippen LogP contribution in [-0.2, 0) is 9.59 Å². The number of rotatable bonds is 5. The zero-order valence-electron chi connectivity index (χ0n) is 16.6. The minimum Gasteiger partial charge on any atom is -0.325 e. The second-order valence-corrected chi connectivity index (χ2v) is 7.05. The molecule has 4 amide bonds. The fourth-order valence-corrected chi connectivity index (χ4v) is 3.31. The first-order valence-corrected chi connectivity index (χ1v) is 9.56. The maximum atomic E-state index is 14.2. The Bertz CT molecular complexity index is 1210. The SMILES string of the molecule is Cc1cccc(NC(=O)CN2C(=O)N/C(=C\c3cccn3-c3ccccc3F)C2=O)c1. The molecule has 1 aliphatic rings. The van der Waals surface area contributed by atoms with E-state index in [0.29, 0.717) is 17.1 Å². The Morgan fingerprint density at radius 1 is 1.10 bits per heavy atom. The molecule has 2 heterocycles. The fourth-order valence-electron chi connectivity index (χ4n) is 3.31. The van der Waals surface area contributed by atoms with Crippen molar-refractivity contribution in [2.24, 2.45) is 0 Å². The topological polar surface area (TPSA) is 83.4 Å². The lowest BCUT2D eigenvalue weighted by Crippen LogP contribution is -2.38. The van der Waals surface area contributed by atoms with E-state index in [2.05, 4.69) is 10.6 Å². The molecular formula is C23H19FN4O3. The minimum absolute atomic E-state index is 0.00430. The summed E-state index contributed by atoms with van der Waals surface area (Å²) in [5, 5.41) is 5.15. The quantitative estimate of drug-likeness (QED) is 0.492. The first-order chi connectivity index (χ1) is 14.9. The molecule has 156 valence electrons. The van der Waals surface area contributed by atoms with Crippen LogP contribution in [0.15, 0.2) is 72.6 Å². The first kappa shape index (κ1) is 20.1. The highest BCUT2D eigenvalue weighted by Crippen LogP contribution is 2.20. The van der Waals surface area contributed by atoms with Crippen LogP contribution in [0.4, 0.5) is 14.9 Å². The number of aryl methyl sites for hydroxylation is 1. The van der Waals surface area contributed by atoms with Crippen molar-refractivity contribution in [2.45, 2.75) is 6.92 Å². The second kappa shape index (κ2) is 8.27. The molecule has 1 saturated heterocycles. The Hall–Kier alpha value is -4.20. The zero-order chi connectivity index (χ0) is 22.0. The summed E-state index contributed by atoms with van der Waals surface area (Å²) >= 11 is 0. The lowest BCUT2D eigenvalue weighted by molar-refractivity contribution is -0.127. The number of carbonyl (C=O) groups excluding carboxylic acids is 3. The van der Waals surface area contributed by atoms with E-state index < -0.39 is 30.2 Å². The van der Waals surface area contributed by atoms with Crippen molar-refractivity contribution >= 4 is 29.6 Å². The summed E-state index contributed by atoms with van der Waals surface area (Å²) in [4.78, 5) is 38.1. The first-order valence-electron chi connectivity index (χ1n) is 9.56. The Morgan fingerprint density at radius 2 is 1.90 bits per heavy atom. The molecule has 0 bridgehead atoms. The summed E-state index contributed by atoms with van der Waals surface area (Å²) in [7, 11) is 0. The van der Waals surface area contributed by atoms with Gasteiger partial charge in [-0.25, -0.2) is 14.1 Å². The number of para-hydroxylation sites is 1. The van der Waals surface area contributed by atoms with Crippen LogP contribution in [-0.4, -0.2) is 33.9 Å². The predicted octanol–water partition coefficient (Wildman–Crippen LogP) is 3.46. The van der Waals surface area contributed by atoms with E-state index in [1.54, 1.807) is 59.3 Å². The molecule has 4 rings (SSSR count). The average molecular weight is 418 g/mol. The Kier molecular flexibility index (Phi) is 5.36. The normalized spacial score (nSPS) is 14.8. The number of benzene rings is 2. The van der Waals surface area contributed by atoms with Gasteiger partial charge in [-0.1, -0.05) is 24.3 Å². The fraction of sp³-hybridized carbons (Fsp3) is 0.0870. The number of aromatic nitrogens is 1. The van der Waals surface area contributed by atoms with Crippen molar-refractivity contribution in [3.05, 3.63) is 89.6 Å². The number of carbonyl (C=O) groups is 3. The maximum absolute atomic E-state index is 14.2. The van der Waals surface area contributed by atoms with Crippen molar-refractivity contribution < 1.29 is 18.8 Å². The van der Waals surface area contributed by atoms with Crippen LogP contribution in [0.2, 0.25) is 0 Å². The number of nitrogens with zero attached hydrogens (tertiary/aromatic N) is 2. The van der Waals surface area contributed by atoms with Gasteiger partial charge >= 0.3 is 6.03 Å². The van der Waals surface area contributed by atoms with E-state index in [9.17, 15) is 18.8 Å². The van der Waals surface area contributed by atoms with Crippen LogP contribution in [0.5, 0.6) is 0 Å². The number of urea groups is 1. The smallest absolute Gasteiger partial charge is 0.325 e. The van der Waals surface area contributed by atoms with E-state index in [1.807, 2.05) is 13.0 Å². The van der Waals surface area contributed by atoms with E-state index in [4.69, 9.17) is 0 Å². The molecule has 2 N–H and O–H groups in total. The van der Waals surface area contributed by atoms with Crippen molar-refractivity contribution in [1.82, 2.24) is 14.8 Å². The highest BCUT2D eigenvalue weighted by molar-refractivity contribution is 6.15. The summed E-state index contributed by atoms with van der Waals surface area (Å²) in [6, 6.07) is 16.1. The van der Waals surface area contributed by atoms with Gasteiger partial charge in [-0.15, -0.1) is 0 Å². The van der Waals surface area contributed by atoms with Gasteiger partial charge in [0.1, 0.15) is 18.1 Å². The van der Waals surface area contributed by atoms with Gasteiger partial charge in [0, 0.05) is 17.6 Å². The lowest BCUT2D eigenvalue weighted by Gasteiger charge is -2.12. The number of nitrogens with one attached hydrogen (secondary N) is 2. The average Bonchev–Trinajstić information content (AvgIpc) is 3.28. The lowest BCUT2D eigenvalue weighted by atomic mass is 10.2. The molecule has 0 saturated carbocycles. The molecule has 2 aromatic carbocycles. The highest BCUT2D eigenvalue weighted by Gasteiger charge is 2.35. The van der Waals surface area contributed by atoms with Crippen LogP contribution < -0.4 is 10.6 Å². The van der Waals surface area contributed by atoms with Gasteiger partial charge in [0.25, 0.3) is 5.91 Å². The second-order valence-electron chi connectivity index (χ2n) is 7.05. The van der Waals surface area contributed by atoms with Gasteiger partial charge in [0.15, 0.2) is 0 Å². The third-order valence-corrected chi connectivity index (χ3v) is 4.75. The van der Waals surface area contributed by atoms with Crippen molar-refractivity contribution in [3.63, 3.8) is 0 Å². The molecule has 0 aliphatic carbocycles. The predicted molar refractivity (Wildman–Crippen MR) is 114 cm³/mol. The van der Waals surface area contributed by atoms with E-state index in [-0.39, 0.29) is 5.70 Å². The third-order valence-electron chi connectivity index (χ3n) is 4.75. The highest BCUT2D eigenvalue weighted by atomic mass is 19.1. The number of anilines is 1. The van der Waals surface area contributed by atoms with Gasteiger partial charge in [-0.05, 0) is 55.0 Å². The minimum atomic E-state index is -0.695. The summed E-state index contributed by atoms with van der Waals surface area (Å²) in [5.74, 6) is -1.55. The molecule has 1 aromatic heterocycles. The van der Waals surface area contributed by atoms with Gasteiger partial charge in [-0.2, -0.15) is 0 Å². The van der Waals surface area contributed by atoms with E-state index >= 15 is 0 Å². The van der Waals surface area contributed by atoms with Crippen LogP contribution in [0, 0.1) is 12.7 Å². The summed E-state index contributed by atoms with van der Waals surface area (Å²) in [6.07, 6.45) is 3.10. The van der Waals surface area contributed by atoms with E-state index in [0.717, 1.165) is 10.5 Å². The largest absolute Gasteiger partial charge is 0.329 e. The van der Waals surface area contributed by atoms with Crippen molar-refractivity contribution in [2.75, 3.05) is 11.9 Å². The van der Waals surface area contributed by atoms with Crippen molar-refractivity contribution in [1.29, 1.82) is 0 Å². The zero-order valence-corrected chi connectivity index (χ0v) is 16.6. The standard InChI is InChI=1S/C23H19FN4O3/c1-15-6-4-7-16(12-15)25-21(29)14-28-22(30)19(26-23(28)31)13-17-8-5-11-27(17)20-10-3-2-9-18(20)24/h2-13H,14H2,1H3,(H,25,29)(H,26,31)/b19-13-. The van der Waals surface area contributed by atoms with Gasteiger partial charge in [0.05, 0.1) is 5.69 Å².